The number of aliphatic hydroxyl groups is 1. The lowest BCUT2D eigenvalue weighted by molar-refractivity contribution is -0.253. The van der Waals surface area contributed by atoms with E-state index in [1.165, 1.54) is 6.07 Å². The summed E-state index contributed by atoms with van der Waals surface area (Å²) in [6.45, 7) is 2.91. The van der Waals surface area contributed by atoms with E-state index < -0.39 is 30.7 Å². The van der Waals surface area contributed by atoms with Crippen molar-refractivity contribution in [2.45, 2.75) is 38.0 Å². The largest absolute Gasteiger partial charge is 0.419 e. The summed E-state index contributed by atoms with van der Waals surface area (Å²) in [6.07, 6.45) is -5.25. The summed E-state index contributed by atoms with van der Waals surface area (Å²) in [6, 6.07) is 1.53. The number of H-pyrrole nitrogens is 1. The van der Waals surface area contributed by atoms with Gasteiger partial charge in [-0.05, 0) is 12.0 Å². The average molecular weight is 291 g/mol. The standard InChI is InChI=1S/C12H16F3N3O2/c1-7(2)8-5-9(17-16-8)10(19)18-4-3-11(20,6-18)12(13,14)15/h5,7,20H,3-4,6H2,1-2H3,(H,16,17)/t11-/m1/s1. The number of alkyl halides is 3. The molecule has 1 amide bonds. The molecular weight excluding hydrogens is 275 g/mol. The second-order valence-corrected chi connectivity index (χ2v) is 5.37. The Kier molecular flexibility index (Phi) is 3.53. The normalized spacial score (nSPS) is 23.6. The predicted molar refractivity (Wildman–Crippen MR) is 64.2 cm³/mol. The first-order valence-electron chi connectivity index (χ1n) is 6.28. The van der Waals surface area contributed by atoms with Gasteiger partial charge in [-0.3, -0.25) is 9.89 Å². The lowest BCUT2D eigenvalue weighted by atomic mass is 10.0. The van der Waals surface area contributed by atoms with Gasteiger partial charge in [-0.25, -0.2) is 0 Å². The molecule has 1 aliphatic heterocycles. The van der Waals surface area contributed by atoms with Gasteiger partial charge in [-0.15, -0.1) is 0 Å². The lowest BCUT2D eigenvalue weighted by Gasteiger charge is -2.25. The number of likely N-dealkylation sites (tertiary alicyclic amines) is 1. The fraction of sp³-hybridized carbons (Fsp3) is 0.667. The molecule has 1 aliphatic rings. The fourth-order valence-corrected chi connectivity index (χ4v) is 2.10. The highest BCUT2D eigenvalue weighted by atomic mass is 19.4. The Bertz CT molecular complexity index is 512. The van der Waals surface area contributed by atoms with E-state index >= 15 is 0 Å². The number of rotatable bonds is 2. The zero-order chi connectivity index (χ0) is 15.1. The number of carbonyl (C=O) groups excluding carboxylic acids is 1. The summed E-state index contributed by atoms with van der Waals surface area (Å²) in [7, 11) is 0. The molecule has 1 saturated heterocycles. The van der Waals surface area contributed by atoms with Gasteiger partial charge in [0.15, 0.2) is 5.60 Å². The Morgan fingerprint density at radius 2 is 2.20 bits per heavy atom. The highest BCUT2D eigenvalue weighted by Gasteiger charge is 2.57. The van der Waals surface area contributed by atoms with Crippen LogP contribution in [0.3, 0.4) is 0 Å². The molecule has 5 nitrogen and oxygen atoms in total. The Balaban J connectivity index is 2.12. The smallest absolute Gasteiger partial charge is 0.379 e. The van der Waals surface area contributed by atoms with Crippen LogP contribution in [0.2, 0.25) is 0 Å². The van der Waals surface area contributed by atoms with Crippen molar-refractivity contribution in [2.75, 3.05) is 13.1 Å². The molecule has 8 heteroatoms. The Morgan fingerprint density at radius 3 is 2.65 bits per heavy atom. The van der Waals surface area contributed by atoms with Crippen molar-refractivity contribution in [3.8, 4) is 0 Å². The zero-order valence-corrected chi connectivity index (χ0v) is 11.2. The minimum absolute atomic E-state index is 0.0696. The molecule has 1 fully saturated rings. The molecule has 0 bridgehead atoms. The lowest BCUT2D eigenvalue weighted by Crippen LogP contribution is -2.48. The second-order valence-electron chi connectivity index (χ2n) is 5.37. The summed E-state index contributed by atoms with van der Waals surface area (Å²) in [5, 5.41) is 16.0. The van der Waals surface area contributed by atoms with E-state index in [0.717, 1.165) is 10.6 Å². The number of aromatic amines is 1. The Labute approximate surface area is 113 Å². The van der Waals surface area contributed by atoms with E-state index in [4.69, 9.17) is 0 Å². The van der Waals surface area contributed by atoms with Crippen LogP contribution in [0.5, 0.6) is 0 Å². The van der Waals surface area contributed by atoms with Gasteiger partial charge in [0.05, 0.1) is 6.54 Å². The molecular formula is C12H16F3N3O2. The van der Waals surface area contributed by atoms with Crippen molar-refractivity contribution < 1.29 is 23.1 Å². The van der Waals surface area contributed by atoms with Crippen LogP contribution in [0.1, 0.15) is 42.4 Å². The minimum atomic E-state index is -4.74. The van der Waals surface area contributed by atoms with Gasteiger partial charge in [-0.2, -0.15) is 18.3 Å². The number of amides is 1. The zero-order valence-electron chi connectivity index (χ0n) is 11.2. The van der Waals surface area contributed by atoms with Crippen molar-refractivity contribution >= 4 is 5.91 Å². The topological polar surface area (TPSA) is 69.2 Å². The van der Waals surface area contributed by atoms with Crippen LogP contribution in [-0.4, -0.2) is 51.0 Å². The fourth-order valence-electron chi connectivity index (χ4n) is 2.10. The monoisotopic (exact) mass is 291 g/mol. The van der Waals surface area contributed by atoms with E-state index in [2.05, 4.69) is 10.2 Å². The maximum atomic E-state index is 12.7. The van der Waals surface area contributed by atoms with Gasteiger partial charge in [-0.1, -0.05) is 13.8 Å². The average Bonchev–Trinajstić information content (AvgIpc) is 2.94. The number of β-amino-alcohol motifs (C(OH)–C–C–N with tert-alkyl or cyclic N) is 1. The first-order valence-corrected chi connectivity index (χ1v) is 6.28. The summed E-state index contributed by atoms with van der Waals surface area (Å²) < 4.78 is 38.1. The number of hydrogen-bond acceptors (Lipinski definition) is 3. The molecule has 0 aliphatic carbocycles. The third-order valence-electron chi connectivity index (χ3n) is 3.50. The van der Waals surface area contributed by atoms with Gasteiger partial charge in [0.25, 0.3) is 5.91 Å². The molecule has 2 rings (SSSR count). The molecule has 0 saturated carbocycles. The summed E-state index contributed by atoms with van der Waals surface area (Å²) in [5.41, 5.74) is -2.02. The van der Waals surface area contributed by atoms with Gasteiger partial charge in [0.2, 0.25) is 0 Å². The number of carbonyl (C=O) groups is 1. The van der Waals surface area contributed by atoms with Crippen LogP contribution in [0.25, 0.3) is 0 Å². The molecule has 112 valence electrons. The molecule has 1 aromatic heterocycles. The minimum Gasteiger partial charge on any atom is -0.379 e. The first-order chi connectivity index (χ1) is 9.14. The molecule has 2 N–H and O–H groups in total. The number of halogens is 3. The van der Waals surface area contributed by atoms with E-state index in [1.54, 1.807) is 0 Å². The van der Waals surface area contributed by atoms with E-state index in [0.29, 0.717) is 0 Å². The Morgan fingerprint density at radius 1 is 1.55 bits per heavy atom. The maximum absolute atomic E-state index is 12.7. The SMILES string of the molecule is CC(C)c1cc(C(=O)N2CC[C@](O)(C(F)(F)F)C2)n[nH]1. The van der Waals surface area contributed by atoms with E-state index in [-0.39, 0.29) is 18.2 Å². The molecule has 2 heterocycles. The van der Waals surface area contributed by atoms with Crippen molar-refractivity contribution in [1.82, 2.24) is 15.1 Å². The molecule has 0 radical (unpaired) electrons. The third-order valence-corrected chi connectivity index (χ3v) is 3.50. The molecule has 0 spiro atoms. The molecule has 1 aromatic rings. The Hall–Kier alpha value is -1.57. The van der Waals surface area contributed by atoms with Crippen LogP contribution < -0.4 is 0 Å². The van der Waals surface area contributed by atoms with Crippen LogP contribution in [0.4, 0.5) is 13.2 Å². The number of nitrogens with one attached hydrogen (secondary N) is 1. The van der Waals surface area contributed by atoms with E-state index in [9.17, 15) is 23.1 Å². The maximum Gasteiger partial charge on any atom is 0.419 e. The second kappa shape index (κ2) is 4.76. The van der Waals surface area contributed by atoms with Gasteiger partial charge in [0.1, 0.15) is 5.69 Å². The molecule has 0 unspecified atom stereocenters. The van der Waals surface area contributed by atoms with Crippen LogP contribution >= 0.6 is 0 Å². The van der Waals surface area contributed by atoms with Crippen LogP contribution in [-0.2, 0) is 0 Å². The first kappa shape index (κ1) is 14.8. The quantitative estimate of drug-likeness (QED) is 0.871. The van der Waals surface area contributed by atoms with Gasteiger partial charge in [0, 0.05) is 18.7 Å². The third kappa shape index (κ3) is 2.52. The summed E-state index contributed by atoms with van der Waals surface area (Å²) in [5.74, 6) is -0.469. The van der Waals surface area contributed by atoms with Crippen molar-refractivity contribution in [2.24, 2.45) is 0 Å². The van der Waals surface area contributed by atoms with E-state index in [1.807, 2.05) is 13.8 Å². The number of aromatic nitrogens is 2. The van der Waals surface area contributed by atoms with Gasteiger partial charge >= 0.3 is 6.18 Å². The highest BCUT2D eigenvalue weighted by molar-refractivity contribution is 5.92. The summed E-state index contributed by atoms with van der Waals surface area (Å²) >= 11 is 0. The van der Waals surface area contributed by atoms with Crippen molar-refractivity contribution in [3.63, 3.8) is 0 Å². The molecule has 20 heavy (non-hydrogen) atoms. The van der Waals surface area contributed by atoms with Crippen molar-refractivity contribution in [1.29, 1.82) is 0 Å². The van der Waals surface area contributed by atoms with Gasteiger partial charge < -0.3 is 10.0 Å². The number of hydrogen-bond donors (Lipinski definition) is 2. The van der Waals surface area contributed by atoms with Crippen LogP contribution in [0.15, 0.2) is 6.07 Å². The summed E-state index contributed by atoms with van der Waals surface area (Å²) in [4.78, 5) is 13.0. The van der Waals surface area contributed by atoms with Crippen LogP contribution in [0, 0.1) is 0 Å². The molecule has 0 aromatic carbocycles. The van der Waals surface area contributed by atoms with Crippen molar-refractivity contribution in [3.05, 3.63) is 17.5 Å². The predicted octanol–water partition coefficient (Wildman–Crippen LogP) is 1.67. The highest BCUT2D eigenvalue weighted by Crippen LogP contribution is 2.37. The number of nitrogens with zero attached hydrogens (tertiary/aromatic N) is 2. The molecule has 1 atom stereocenters.